The molecule has 0 spiro atoms. The Morgan fingerprint density at radius 3 is 2.53 bits per heavy atom. The second-order valence-corrected chi connectivity index (χ2v) is 5.51. The fourth-order valence-corrected chi connectivity index (χ4v) is 2.32. The van der Waals surface area contributed by atoms with E-state index in [1.165, 1.54) is 32.1 Å². The topological polar surface area (TPSA) is 24.5 Å². The summed E-state index contributed by atoms with van der Waals surface area (Å²) in [4.78, 5) is 2.35. The number of nitrogens with zero attached hydrogens (tertiary/aromatic N) is 1. The number of likely N-dealkylation sites (N-methyl/N-ethyl adjacent to an activating group) is 1. The zero-order valence-electron chi connectivity index (χ0n) is 11.9. The molecule has 1 fully saturated rings. The number of hydrogen-bond acceptors (Lipinski definition) is 3. The zero-order chi connectivity index (χ0) is 12.5. The lowest BCUT2D eigenvalue weighted by Crippen LogP contribution is -2.37. The van der Waals surface area contributed by atoms with E-state index in [9.17, 15) is 0 Å². The molecule has 0 radical (unpaired) electrons. The summed E-state index contributed by atoms with van der Waals surface area (Å²) in [7, 11) is 2.17. The molecule has 102 valence electrons. The van der Waals surface area contributed by atoms with E-state index in [-0.39, 0.29) is 0 Å². The van der Waals surface area contributed by atoms with Gasteiger partial charge in [0.1, 0.15) is 0 Å². The summed E-state index contributed by atoms with van der Waals surface area (Å²) in [6.07, 6.45) is 7.36. The van der Waals surface area contributed by atoms with Crippen LogP contribution in [0.4, 0.5) is 0 Å². The van der Waals surface area contributed by atoms with Crippen molar-refractivity contribution >= 4 is 0 Å². The highest BCUT2D eigenvalue weighted by Crippen LogP contribution is 2.16. The molecular formula is C14H30N2O. The Hall–Kier alpha value is -0.120. The number of ether oxygens (including phenoxy) is 1. The average molecular weight is 242 g/mol. The fourth-order valence-electron chi connectivity index (χ4n) is 2.32. The second-order valence-electron chi connectivity index (χ2n) is 5.51. The van der Waals surface area contributed by atoms with Gasteiger partial charge in [0.2, 0.25) is 0 Å². The first kappa shape index (κ1) is 14.9. The van der Waals surface area contributed by atoms with Gasteiger partial charge < -0.3 is 15.0 Å². The monoisotopic (exact) mass is 242 g/mol. The van der Waals surface area contributed by atoms with E-state index >= 15 is 0 Å². The van der Waals surface area contributed by atoms with Crippen LogP contribution in [0.1, 0.15) is 46.0 Å². The van der Waals surface area contributed by atoms with Gasteiger partial charge in [0.05, 0.1) is 12.7 Å². The summed E-state index contributed by atoms with van der Waals surface area (Å²) in [6, 6.07) is 0.782. The predicted octanol–water partition coefficient (Wildman–Crippen LogP) is 2.27. The molecule has 0 aromatic carbocycles. The van der Waals surface area contributed by atoms with Gasteiger partial charge in [0.25, 0.3) is 0 Å². The lowest BCUT2D eigenvalue weighted by Gasteiger charge is -2.24. The highest BCUT2D eigenvalue weighted by atomic mass is 16.5. The minimum Gasteiger partial charge on any atom is -0.377 e. The molecule has 0 unspecified atom stereocenters. The van der Waals surface area contributed by atoms with E-state index in [1.54, 1.807) is 0 Å². The van der Waals surface area contributed by atoms with E-state index in [0.29, 0.717) is 6.10 Å². The molecule has 3 heteroatoms. The molecule has 0 aliphatic heterocycles. The van der Waals surface area contributed by atoms with E-state index in [4.69, 9.17) is 4.74 Å². The normalized spacial score (nSPS) is 18.2. The van der Waals surface area contributed by atoms with Crippen LogP contribution in [-0.4, -0.2) is 50.3 Å². The Labute approximate surface area is 107 Å². The quantitative estimate of drug-likeness (QED) is 0.706. The summed E-state index contributed by atoms with van der Waals surface area (Å²) < 4.78 is 5.55. The fraction of sp³-hybridized carbons (Fsp3) is 1.00. The standard InChI is InChI=1S/C14H30N2O/c1-13(2)17-12-11-16(3)10-9-15-14-7-5-4-6-8-14/h13-15H,4-12H2,1-3H3. The average Bonchev–Trinajstić information content (AvgIpc) is 2.30. The van der Waals surface area contributed by atoms with Crippen LogP contribution in [0.25, 0.3) is 0 Å². The SMILES string of the molecule is CC(C)OCCN(C)CCNC1CCCCC1. The van der Waals surface area contributed by atoms with Crippen LogP contribution < -0.4 is 5.32 Å². The summed E-state index contributed by atoms with van der Waals surface area (Å²) in [5, 5.41) is 3.67. The Kier molecular flexibility index (Phi) is 7.82. The summed E-state index contributed by atoms with van der Waals surface area (Å²) in [6.45, 7) is 8.29. The van der Waals surface area contributed by atoms with Crippen LogP contribution in [0.15, 0.2) is 0 Å². The molecule has 17 heavy (non-hydrogen) atoms. The predicted molar refractivity (Wildman–Crippen MR) is 73.5 cm³/mol. The Morgan fingerprint density at radius 1 is 1.18 bits per heavy atom. The molecule has 0 atom stereocenters. The van der Waals surface area contributed by atoms with Crippen LogP contribution in [-0.2, 0) is 4.74 Å². The Bertz CT molecular complexity index is 179. The first-order chi connectivity index (χ1) is 8.18. The van der Waals surface area contributed by atoms with E-state index in [0.717, 1.165) is 32.3 Å². The van der Waals surface area contributed by atoms with Crippen molar-refractivity contribution in [2.45, 2.75) is 58.1 Å². The maximum atomic E-state index is 5.55. The highest BCUT2D eigenvalue weighted by molar-refractivity contribution is 4.72. The highest BCUT2D eigenvalue weighted by Gasteiger charge is 2.12. The third kappa shape index (κ3) is 7.74. The van der Waals surface area contributed by atoms with E-state index in [1.807, 2.05) is 0 Å². The van der Waals surface area contributed by atoms with Crippen molar-refractivity contribution in [2.24, 2.45) is 0 Å². The number of hydrogen-bond donors (Lipinski definition) is 1. The number of rotatable bonds is 8. The van der Waals surface area contributed by atoms with Gasteiger partial charge in [-0.25, -0.2) is 0 Å². The Balaban J connectivity index is 1.93. The smallest absolute Gasteiger partial charge is 0.0596 e. The third-order valence-corrected chi connectivity index (χ3v) is 3.46. The first-order valence-electron chi connectivity index (χ1n) is 7.22. The van der Waals surface area contributed by atoms with Crippen molar-refractivity contribution in [3.63, 3.8) is 0 Å². The largest absolute Gasteiger partial charge is 0.377 e. The van der Waals surface area contributed by atoms with Crippen LogP contribution >= 0.6 is 0 Å². The molecule has 1 saturated carbocycles. The van der Waals surface area contributed by atoms with Crippen molar-refractivity contribution in [2.75, 3.05) is 33.3 Å². The molecule has 1 N–H and O–H groups in total. The van der Waals surface area contributed by atoms with Crippen molar-refractivity contribution in [1.29, 1.82) is 0 Å². The van der Waals surface area contributed by atoms with Gasteiger partial charge in [0.15, 0.2) is 0 Å². The molecule has 3 nitrogen and oxygen atoms in total. The van der Waals surface area contributed by atoms with Crippen LogP contribution in [0.3, 0.4) is 0 Å². The van der Waals surface area contributed by atoms with E-state index in [2.05, 4.69) is 31.1 Å². The lowest BCUT2D eigenvalue weighted by atomic mass is 9.95. The lowest BCUT2D eigenvalue weighted by molar-refractivity contribution is 0.0639. The summed E-state index contributed by atoms with van der Waals surface area (Å²) in [5.41, 5.74) is 0. The van der Waals surface area contributed by atoms with Crippen molar-refractivity contribution < 1.29 is 4.74 Å². The molecule has 0 saturated heterocycles. The van der Waals surface area contributed by atoms with Gasteiger partial charge in [-0.15, -0.1) is 0 Å². The second kappa shape index (κ2) is 8.90. The molecule has 0 bridgehead atoms. The third-order valence-electron chi connectivity index (χ3n) is 3.46. The molecule has 0 heterocycles. The minimum absolute atomic E-state index is 0.351. The van der Waals surface area contributed by atoms with Crippen LogP contribution in [0.2, 0.25) is 0 Å². The van der Waals surface area contributed by atoms with Gasteiger partial charge >= 0.3 is 0 Å². The van der Waals surface area contributed by atoms with Crippen molar-refractivity contribution in [1.82, 2.24) is 10.2 Å². The molecular weight excluding hydrogens is 212 g/mol. The molecule has 1 aliphatic rings. The summed E-state index contributed by atoms with van der Waals surface area (Å²) >= 11 is 0. The van der Waals surface area contributed by atoms with Crippen LogP contribution in [0.5, 0.6) is 0 Å². The minimum atomic E-state index is 0.351. The van der Waals surface area contributed by atoms with Crippen molar-refractivity contribution in [3.05, 3.63) is 0 Å². The van der Waals surface area contributed by atoms with Gasteiger partial charge in [0, 0.05) is 25.7 Å². The molecule has 1 aliphatic carbocycles. The molecule has 0 amide bonds. The molecule has 0 aromatic heterocycles. The van der Waals surface area contributed by atoms with Gasteiger partial charge in [-0.1, -0.05) is 19.3 Å². The van der Waals surface area contributed by atoms with E-state index < -0.39 is 0 Å². The number of nitrogens with one attached hydrogen (secondary N) is 1. The van der Waals surface area contributed by atoms with Gasteiger partial charge in [-0.2, -0.15) is 0 Å². The maximum Gasteiger partial charge on any atom is 0.0596 e. The zero-order valence-corrected chi connectivity index (χ0v) is 11.9. The molecule has 1 rings (SSSR count). The van der Waals surface area contributed by atoms with Crippen LogP contribution in [0, 0.1) is 0 Å². The van der Waals surface area contributed by atoms with Gasteiger partial charge in [-0.3, -0.25) is 0 Å². The molecule has 0 aromatic rings. The summed E-state index contributed by atoms with van der Waals surface area (Å²) in [5.74, 6) is 0. The van der Waals surface area contributed by atoms with Crippen molar-refractivity contribution in [3.8, 4) is 0 Å². The van der Waals surface area contributed by atoms with Gasteiger partial charge in [-0.05, 0) is 33.7 Å². The first-order valence-corrected chi connectivity index (χ1v) is 7.22. The Morgan fingerprint density at radius 2 is 1.88 bits per heavy atom. The maximum absolute atomic E-state index is 5.55.